The minimum absolute atomic E-state index is 0.0175. The Morgan fingerprint density at radius 2 is 2.25 bits per heavy atom. The van der Waals surface area contributed by atoms with Crippen molar-refractivity contribution in [2.75, 3.05) is 7.11 Å². The summed E-state index contributed by atoms with van der Waals surface area (Å²) in [6.07, 6.45) is 2.22. The van der Waals surface area contributed by atoms with Gasteiger partial charge < -0.3 is 10.5 Å². The third-order valence-corrected chi connectivity index (χ3v) is 2.91. The molecule has 5 heteroatoms. The number of nitro benzene ring substituents is 1. The Morgan fingerprint density at radius 1 is 1.56 bits per heavy atom. The van der Waals surface area contributed by atoms with Gasteiger partial charge in [-0.1, -0.05) is 6.07 Å². The molecule has 1 saturated carbocycles. The number of hydrogen-bond donors (Lipinski definition) is 1. The van der Waals surface area contributed by atoms with E-state index in [-0.39, 0.29) is 17.5 Å². The molecule has 1 aliphatic rings. The van der Waals surface area contributed by atoms with Gasteiger partial charge in [0.1, 0.15) is 0 Å². The number of ether oxygens (including phenoxy) is 1. The first-order chi connectivity index (χ1) is 7.63. The van der Waals surface area contributed by atoms with Crippen LogP contribution in [0, 0.1) is 16.0 Å². The van der Waals surface area contributed by atoms with E-state index in [4.69, 9.17) is 10.5 Å². The van der Waals surface area contributed by atoms with Crippen LogP contribution in [0.5, 0.6) is 5.75 Å². The molecule has 0 aliphatic heterocycles. The van der Waals surface area contributed by atoms with Crippen LogP contribution >= 0.6 is 0 Å². The molecular weight excluding hydrogens is 208 g/mol. The van der Waals surface area contributed by atoms with Crippen molar-refractivity contribution in [3.8, 4) is 5.75 Å². The molecule has 0 spiro atoms. The smallest absolute Gasteiger partial charge is 0.311 e. The van der Waals surface area contributed by atoms with Crippen LogP contribution in [-0.4, -0.2) is 12.0 Å². The lowest BCUT2D eigenvalue weighted by Crippen LogP contribution is -2.12. The van der Waals surface area contributed by atoms with Gasteiger partial charge in [-0.05, 0) is 30.4 Å². The zero-order chi connectivity index (χ0) is 11.7. The fourth-order valence-electron chi connectivity index (χ4n) is 1.78. The Labute approximate surface area is 93.4 Å². The van der Waals surface area contributed by atoms with Crippen LogP contribution in [0.4, 0.5) is 5.69 Å². The van der Waals surface area contributed by atoms with Crippen LogP contribution in [0.25, 0.3) is 0 Å². The third-order valence-electron chi connectivity index (χ3n) is 2.91. The molecule has 0 aromatic heterocycles. The van der Waals surface area contributed by atoms with Gasteiger partial charge in [0.05, 0.1) is 12.0 Å². The van der Waals surface area contributed by atoms with Gasteiger partial charge in [0.2, 0.25) is 0 Å². The van der Waals surface area contributed by atoms with Gasteiger partial charge in [0.25, 0.3) is 0 Å². The van der Waals surface area contributed by atoms with Crippen molar-refractivity contribution in [1.82, 2.24) is 0 Å². The standard InChI is InChI=1S/C11H14N2O3/c1-16-10-5-4-8(6-9(10)13(14)15)11(12)7-2-3-7/h4-7,11H,2-3,12H2,1H3/t11-/m1/s1. The quantitative estimate of drug-likeness (QED) is 0.624. The lowest BCUT2D eigenvalue weighted by atomic mass is 10.0. The van der Waals surface area contributed by atoms with Crippen molar-refractivity contribution in [2.24, 2.45) is 11.7 Å². The van der Waals surface area contributed by atoms with Crippen LogP contribution in [0.3, 0.4) is 0 Å². The van der Waals surface area contributed by atoms with E-state index in [2.05, 4.69) is 0 Å². The highest BCUT2D eigenvalue weighted by Gasteiger charge is 2.30. The number of methoxy groups -OCH3 is 1. The van der Waals surface area contributed by atoms with E-state index < -0.39 is 4.92 Å². The lowest BCUT2D eigenvalue weighted by Gasteiger charge is -2.11. The molecule has 0 amide bonds. The Kier molecular flexibility index (Phi) is 2.78. The molecule has 0 radical (unpaired) electrons. The largest absolute Gasteiger partial charge is 0.490 e. The van der Waals surface area contributed by atoms with Crippen molar-refractivity contribution < 1.29 is 9.66 Å². The fourth-order valence-corrected chi connectivity index (χ4v) is 1.78. The summed E-state index contributed by atoms with van der Waals surface area (Å²) in [7, 11) is 1.42. The molecule has 1 aromatic rings. The van der Waals surface area contributed by atoms with Crippen LogP contribution in [0.1, 0.15) is 24.4 Å². The summed E-state index contributed by atoms with van der Waals surface area (Å²) in [6.45, 7) is 0. The predicted molar refractivity (Wildman–Crippen MR) is 59.3 cm³/mol. The molecule has 0 saturated heterocycles. The fraction of sp³-hybridized carbons (Fsp3) is 0.455. The second-order valence-corrected chi connectivity index (χ2v) is 4.05. The van der Waals surface area contributed by atoms with E-state index in [0.29, 0.717) is 5.92 Å². The Balaban J connectivity index is 2.33. The van der Waals surface area contributed by atoms with Gasteiger partial charge in [-0.15, -0.1) is 0 Å². The first-order valence-electron chi connectivity index (χ1n) is 5.21. The molecule has 0 unspecified atom stereocenters. The average molecular weight is 222 g/mol. The molecule has 2 rings (SSSR count). The van der Waals surface area contributed by atoms with Gasteiger partial charge in [0.15, 0.2) is 5.75 Å². The molecule has 0 bridgehead atoms. The molecule has 0 heterocycles. The summed E-state index contributed by atoms with van der Waals surface area (Å²) in [5.41, 5.74) is 6.79. The van der Waals surface area contributed by atoms with E-state index in [1.165, 1.54) is 13.2 Å². The normalized spacial score (nSPS) is 16.9. The second kappa shape index (κ2) is 4.09. The molecule has 1 atom stereocenters. The highest BCUT2D eigenvalue weighted by Crippen LogP contribution is 2.41. The van der Waals surface area contributed by atoms with E-state index >= 15 is 0 Å². The zero-order valence-corrected chi connectivity index (χ0v) is 9.05. The molecule has 86 valence electrons. The predicted octanol–water partition coefficient (Wildman–Crippen LogP) is 2.01. The van der Waals surface area contributed by atoms with Crippen molar-refractivity contribution in [1.29, 1.82) is 0 Å². The first-order valence-corrected chi connectivity index (χ1v) is 5.21. The summed E-state index contributed by atoms with van der Waals surface area (Å²) >= 11 is 0. The monoisotopic (exact) mass is 222 g/mol. The van der Waals surface area contributed by atoms with E-state index in [9.17, 15) is 10.1 Å². The molecule has 1 fully saturated rings. The minimum Gasteiger partial charge on any atom is -0.490 e. The highest BCUT2D eigenvalue weighted by molar-refractivity contribution is 5.49. The van der Waals surface area contributed by atoms with Crippen LogP contribution < -0.4 is 10.5 Å². The van der Waals surface area contributed by atoms with Crippen LogP contribution in [0.2, 0.25) is 0 Å². The minimum atomic E-state index is -0.443. The average Bonchev–Trinajstić information content (AvgIpc) is 3.11. The van der Waals surface area contributed by atoms with E-state index in [1.807, 2.05) is 0 Å². The zero-order valence-electron chi connectivity index (χ0n) is 9.05. The molecule has 5 nitrogen and oxygen atoms in total. The molecule has 1 aromatic carbocycles. The summed E-state index contributed by atoms with van der Waals surface area (Å²) in [6, 6.07) is 4.83. The number of hydrogen-bond acceptors (Lipinski definition) is 4. The Hall–Kier alpha value is -1.62. The number of nitro groups is 1. The summed E-state index contributed by atoms with van der Waals surface area (Å²) < 4.78 is 4.93. The summed E-state index contributed by atoms with van der Waals surface area (Å²) in [5, 5.41) is 10.8. The van der Waals surface area contributed by atoms with Crippen LogP contribution in [0.15, 0.2) is 18.2 Å². The van der Waals surface area contributed by atoms with Crippen molar-refractivity contribution >= 4 is 5.69 Å². The number of rotatable bonds is 4. The Morgan fingerprint density at radius 3 is 2.75 bits per heavy atom. The van der Waals surface area contributed by atoms with E-state index in [1.54, 1.807) is 12.1 Å². The van der Waals surface area contributed by atoms with Crippen molar-refractivity contribution in [2.45, 2.75) is 18.9 Å². The molecule has 2 N–H and O–H groups in total. The third kappa shape index (κ3) is 1.99. The molecular formula is C11H14N2O3. The molecule has 16 heavy (non-hydrogen) atoms. The highest BCUT2D eigenvalue weighted by atomic mass is 16.6. The number of benzene rings is 1. The number of nitrogens with zero attached hydrogens (tertiary/aromatic N) is 1. The van der Waals surface area contributed by atoms with Gasteiger partial charge in [0, 0.05) is 12.1 Å². The second-order valence-electron chi connectivity index (χ2n) is 4.05. The Bertz CT molecular complexity index is 416. The maximum atomic E-state index is 10.8. The van der Waals surface area contributed by atoms with Crippen molar-refractivity contribution in [3.63, 3.8) is 0 Å². The number of nitrogens with two attached hydrogens (primary N) is 1. The van der Waals surface area contributed by atoms with Crippen molar-refractivity contribution in [3.05, 3.63) is 33.9 Å². The van der Waals surface area contributed by atoms with Gasteiger partial charge in [-0.3, -0.25) is 10.1 Å². The summed E-state index contributed by atoms with van der Waals surface area (Å²) in [4.78, 5) is 10.4. The lowest BCUT2D eigenvalue weighted by molar-refractivity contribution is -0.385. The van der Waals surface area contributed by atoms with E-state index in [0.717, 1.165) is 18.4 Å². The van der Waals surface area contributed by atoms with Gasteiger partial charge in [-0.2, -0.15) is 0 Å². The first kappa shape index (κ1) is 10.9. The maximum Gasteiger partial charge on any atom is 0.311 e. The topological polar surface area (TPSA) is 78.4 Å². The van der Waals surface area contributed by atoms with Gasteiger partial charge >= 0.3 is 5.69 Å². The molecule has 1 aliphatic carbocycles. The summed E-state index contributed by atoms with van der Waals surface area (Å²) in [5.74, 6) is 0.754. The SMILES string of the molecule is COc1ccc([C@H](N)C2CC2)cc1[N+](=O)[O-]. The maximum absolute atomic E-state index is 10.8. The van der Waals surface area contributed by atoms with Crippen LogP contribution in [-0.2, 0) is 0 Å². The van der Waals surface area contributed by atoms with Gasteiger partial charge in [-0.25, -0.2) is 0 Å².